The standard InChI is InChI=1S/C16H19NO2S/c1-11(2)15(14-7-4-8-20-14)17-10-12-5-3-6-13(9-12)16(18)19/h3-9,11,15,17H,10H2,1-2H3,(H,18,19). The van der Waals surface area contributed by atoms with Crippen molar-refractivity contribution < 1.29 is 9.90 Å². The van der Waals surface area contributed by atoms with Crippen molar-refractivity contribution in [3.8, 4) is 0 Å². The average molecular weight is 289 g/mol. The van der Waals surface area contributed by atoms with Crippen molar-refractivity contribution in [1.82, 2.24) is 5.32 Å². The van der Waals surface area contributed by atoms with E-state index in [2.05, 4.69) is 36.7 Å². The average Bonchev–Trinajstić information content (AvgIpc) is 2.93. The zero-order valence-corrected chi connectivity index (χ0v) is 12.5. The number of hydrogen-bond donors (Lipinski definition) is 2. The van der Waals surface area contributed by atoms with E-state index in [1.807, 2.05) is 6.07 Å². The third-order valence-corrected chi connectivity index (χ3v) is 4.17. The largest absolute Gasteiger partial charge is 0.478 e. The summed E-state index contributed by atoms with van der Waals surface area (Å²) in [7, 11) is 0. The number of thiophene rings is 1. The van der Waals surface area contributed by atoms with Crippen LogP contribution < -0.4 is 5.32 Å². The molecule has 0 radical (unpaired) electrons. The van der Waals surface area contributed by atoms with Gasteiger partial charge < -0.3 is 10.4 Å². The van der Waals surface area contributed by atoms with Crippen LogP contribution in [0.25, 0.3) is 0 Å². The van der Waals surface area contributed by atoms with E-state index in [0.717, 1.165) is 5.56 Å². The Bertz CT molecular complexity index is 564. The molecule has 3 nitrogen and oxygen atoms in total. The molecule has 1 aromatic carbocycles. The number of carboxylic acid groups (broad SMARTS) is 1. The molecule has 20 heavy (non-hydrogen) atoms. The topological polar surface area (TPSA) is 49.3 Å². The van der Waals surface area contributed by atoms with Crippen molar-refractivity contribution in [3.63, 3.8) is 0 Å². The van der Waals surface area contributed by atoms with Crippen molar-refractivity contribution >= 4 is 17.3 Å². The first-order chi connectivity index (χ1) is 9.58. The summed E-state index contributed by atoms with van der Waals surface area (Å²) < 4.78 is 0. The molecule has 106 valence electrons. The highest BCUT2D eigenvalue weighted by molar-refractivity contribution is 7.10. The van der Waals surface area contributed by atoms with Gasteiger partial charge in [-0.15, -0.1) is 11.3 Å². The van der Waals surface area contributed by atoms with Crippen LogP contribution in [0.5, 0.6) is 0 Å². The number of aromatic carboxylic acids is 1. The number of benzene rings is 1. The molecule has 1 heterocycles. The van der Waals surface area contributed by atoms with Crippen LogP contribution in [0, 0.1) is 5.92 Å². The summed E-state index contributed by atoms with van der Waals surface area (Å²) in [5, 5.41) is 14.6. The normalized spacial score (nSPS) is 12.6. The predicted octanol–water partition coefficient (Wildman–Crippen LogP) is 3.93. The second-order valence-corrected chi connectivity index (χ2v) is 6.10. The molecule has 0 aliphatic rings. The number of hydrogen-bond acceptors (Lipinski definition) is 3. The van der Waals surface area contributed by atoms with Crippen molar-refractivity contribution in [1.29, 1.82) is 0 Å². The van der Waals surface area contributed by atoms with Crippen LogP contribution in [0.1, 0.15) is 40.7 Å². The Kier molecular flexibility index (Phi) is 4.93. The first kappa shape index (κ1) is 14.8. The second kappa shape index (κ2) is 6.68. The molecule has 0 amide bonds. The first-order valence-corrected chi connectivity index (χ1v) is 7.55. The second-order valence-electron chi connectivity index (χ2n) is 5.12. The van der Waals surface area contributed by atoms with Gasteiger partial charge in [0, 0.05) is 17.5 Å². The van der Waals surface area contributed by atoms with Gasteiger partial charge in [0.1, 0.15) is 0 Å². The van der Waals surface area contributed by atoms with E-state index < -0.39 is 5.97 Å². The lowest BCUT2D eigenvalue weighted by Crippen LogP contribution is -2.24. The summed E-state index contributed by atoms with van der Waals surface area (Å²) in [5.74, 6) is -0.401. The van der Waals surface area contributed by atoms with Gasteiger partial charge >= 0.3 is 5.97 Å². The van der Waals surface area contributed by atoms with Gasteiger partial charge in [-0.2, -0.15) is 0 Å². The van der Waals surface area contributed by atoms with Crippen molar-refractivity contribution in [3.05, 3.63) is 57.8 Å². The Morgan fingerprint density at radius 2 is 2.10 bits per heavy atom. The molecule has 0 spiro atoms. The maximum Gasteiger partial charge on any atom is 0.335 e. The predicted molar refractivity (Wildman–Crippen MR) is 82.1 cm³/mol. The van der Waals surface area contributed by atoms with Crippen LogP contribution in [0.2, 0.25) is 0 Å². The van der Waals surface area contributed by atoms with Crippen molar-refractivity contribution in [2.24, 2.45) is 5.92 Å². The van der Waals surface area contributed by atoms with Gasteiger partial charge in [0.15, 0.2) is 0 Å². The molecule has 0 saturated carbocycles. The molecule has 2 aromatic rings. The molecule has 1 unspecified atom stereocenters. The summed E-state index contributed by atoms with van der Waals surface area (Å²) in [6.07, 6.45) is 0. The molecule has 1 aromatic heterocycles. The maximum atomic E-state index is 11.0. The third kappa shape index (κ3) is 3.68. The monoisotopic (exact) mass is 289 g/mol. The Morgan fingerprint density at radius 3 is 2.70 bits per heavy atom. The maximum absolute atomic E-state index is 11.0. The fourth-order valence-corrected chi connectivity index (χ4v) is 3.15. The molecule has 1 atom stereocenters. The van der Waals surface area contributed by atoms with Gasteiger partial charge in [-0.3, -0.25) is 0 Å². The van der Waals surface area contributed by atoms with Gasteiger partial charge in [-0.1, -0.05) is 32.0 Å². The van der Waals surface area contributed by atoms with Crippen LogP contribution in [0.15, 0.2) is 41.8 Å². The zero-order chi connectivity index (χ0) is 14.5. The Labute approximate surface area is 123 Å². The lowest BCUT2D eigenvalue weighted by molar-refractivity contribution is 0.0696. The molecule has 0 aliphatic heterocycles. The van der Waals surface area contributed by atoms with Crippen LogP contribution >= 0.6 is 11.3 Å². The van der Waals surface area contributed by atoms with Crippen LogP contribution in [0.4, 0.5) is 0 Å². The van der Waals surface area contributed by atoms with E-state index in [-0.39, 0.29) is 0 Å². The summed E-state index contributed by atoms with van der Waals surface area (Å²) >= 11 is 1.75. The number of carboxylic acids is 1. The highest BCUT2D eigenvalue weighted by atomic mass is 32.1. The lowest BCUT2D eigenvalue weighted by atomic mass is 10.0. The lowest BCUT2D eigenvalue weighted by Gasteiger charge is -2.21. The molecular formula is C16H19NO2S. The Morgan fingerprint density at radius 1 is 1.30 bits per heavy atom. The van der Waals surface area contributed by atoms with Gasteiger partial charge in [0.05, 0.1) is 5.56 Å². The number of carbonyl (C=O) groups is 1. The molecule has 2 rings (SSSR count). The zero-order valence-electron chi connectivity index (χ0n) is 11.7. The highest BCUT2D eigenvalue weighted by Crippen LogP contribution is 2.26. The van der Waals surface area contributed by atoms with Crippen LogP contribution in [0.3, 0.4) is 0 Å². The van der Waals surface area contributed by atoms with Crippen molar-refractivity contribution in [2.75, 3.05) is 0 Å². The fraction of sp³-hybridized carbons (Fsp3) is 0.312. The first-order valence-electron chi connectivity index (χ1n) is 6.67. The summed E-state index contributed by atoms with van der Waals surface area (Å²) in [5.41, 5.74) is 1.33. The Hall–Kier alpha value is -1.65. The number of nitrogens with one attached hydrogen (secondary N) is 1. The van der Waals surface area contributed by atoms with Gasteiger partial charge in [-0.05, 0) is 35.1 Å². The molecule has 0 saturated heterocycles. The van der Waals surface area contributed by atoms with Gasteiger partial charge in [0.2, 0.25) is 0 Å². The highest BCUT2D eigenvalue weighted by Gasteiger charge is 2.16. The third-order valence-electron chi connectivity index (χ3n) is 3.22. The molecule has 2 N–H and O–H groups in total. The van der Waals surface area contributed by atoms with Gasteiger partial charge in [0.25, 0.3) is 0 Å². The summed E-state index contributed by atoms with van der Waals surface area (Å²) in [6, 6.07) is 11.6. The minimum Gasteiger partial charge on any atom is -0.478 e. The van der Waals surface area contributed by atoms with E-state index in [4.69, 9.17) is 5.11 Å². The molecular weight excluding hydrogens is 270 g/mol. The smallest absolute Gasteiger partial charge is 0.335 e. The summed E-state index contributed by atoms with van der Waals surface area (Å²) in [6.45, 7) is 5.04. The minimum atomic E-state index is -0.884. The minimum absolute atomic E-state index is 0.295. The fourth-order valence-electron chi connectivity index (χ4n) is 2.18. The van der Waals surface area contributed by atoms with E-state index in [1.165, 1.54) is 4.88 Å². The van der Waals surface area contributed by atoms with E-state index in [0.29, 0.717) is 24.1 Å². The van der Waals surface area contributed by atoms with Gasteiger partial charge in [-0.25, -0.2) is 4.79 Å². The van der Waals surface area contributed by atoms with Crippen LogP contribution in [-0.4, -0.2) is 11.1 Å². The molecule has 0 aliphatic carbocycles. The quantitative estimate of drug-likeness (QED) is 0.847. The summed E-state index contributed by atoms with van der Waals surface area (Å²) in [4.78, 5) is 12.3. The number of rotatable bonds is 6. The van der Waals surface area contributed by atoms with E-state index in [1.54, 1.807) is 29.5 Å². The Balaban J connectivity index is 2.06. The van der Waals surface area contributed by atoms with E-state index in [9.17, 15) is 4.79 Å². The van der Waals surface area contributed by atoms with E-state index >= 15 is 0 Å². The SMILES string of the molecule is CC(C)C(NCc1cccc(C(=O)O)c1)c1cccs1. The molecule has 0 fully saturated rings. The molecule has 4 heteroatoms. The van der Waals surface area contributed by atoms with Crippen LogP contribution in [-0.2, 0) is 6.54 Å². The van der Waals surface area contributed by atoms with Crippen molar-refractivity contribution in [2.45, 2.75) is 26.4 Å². The molecule has 0 bridgehead atoms.